The van der Waals surface area contributed by atoms with Crippen molar-refractivity contribution in [3.63, 3.8) is 0 Å². The van der Waals surface area contributed by atoms with Gasteiger partial charge in [-0.1, -0.05) is 33.6 Å². The number of hydrogen-bond donors (Lipinski definition) is 1. The number of carbonyl (C=O) groups excluding carboxylic acids is 1. The van der Waals surface area contributed by atoms with Crippen LogP contribution in [0, 0.1) is 24.0 Å². The van der Waals surface area contributed by atoms with Crippen molar-refractivity contribution in [1.29, 1.82) is 0 Å². The Labute approximate surface area is 152 Å². The fraction of sp³-hybridized carbons (Fsp3) is 0.188. The molecule has 0 aliphatic heterocycles. The van der Waals surface area contributed by atoms with Crippen molar-refractivity contribution in [2.75, 3.05) is 11.9 Å². The number of anilines is 1. The van der Waals surface area contributed by atoms with Crippen molar-refractivity contribution in [1.82, 2.24) is 0 Å². The lowest BCUT2D eigenvalue weighted by Crippen LogP contribution is -2.21. The molecule has 0 unspecified atom stereocenters. The van der Waals surface area contributed by atoms with E-state index in [0.29, 0.717) is 16.3 Å². The lowest BCUT2D eigenvalue weighted by molar-refractivity contribution is -0.384. The summed E-state index contributed by atoms with van der Waals surface area (Å²) < 4.78 is 6.15. The molecule has 126 valence electrons. The van der Waals surface area contributed by atoms with Gasteiger partial charge < -0.3 is 10.1 Å². The fourth-order valence-electron chi connectivity index (χ4n) is 2.02. The molecule has 0 spiro atoms. The first-order chi connectivity index (χ1) is 11.3. The zero-order chi connectivity index (χ0) is 17.9. The summed E-state index contributed by atoms with van der Waals surface area (Å²) in [7, 11) is 0. The van der Waals surface area contributed by atoms with Crippen molar-refractivity contribution in [2.24, 2.45) is 0 Å². The topological polar surface area (TPSA) is 81.5 Å². The largest absolute Gasteiger partial charge is 0.482 e. The van der Waals surface area contributed by atoms with Crippen LogP contribution in [0.2, 0.25) is 5.02 Å². The summed E-state index contributed by atoms with van der Waals surface area (Å²) in [5.74, 6) is -0.156. The van der Waals surface area contributed by atoms with Crippen molar-refractivity contribution in [3.8, 4) is 5.75 Å². The maximum absolute atomic E-state index is 12.1. The minimum Gasteiger partial charge on any atom is -0.482 e. The molecule has 0 atom stereocenters. The summed E-state index contributed by atoms with van der Waals surface area (Å²) in [5.41, 5.74) is 1.50. The van der Waals surface area contributed by atoms with E-state index in [9.17, 15) is 14.9 Å². The van der Waals surface area contributed by atoms with Gasteiger partial charge in [0, 0.05) is 10.5 Å². The minimum absolute atomic E-state index is 0.159. The third kappa shape index (κ3) is 4.24. The van der Waals surface area contributed by atoms with Crippen molar-refractivity contribution in [2.45, 2.75) is 13.8 Å². The number of ether oxygens (including phenoxy) is 1. The number of nitro groups is 1. The zero-order valence-corrected chi connectivity index (χ0v) is 15.3. The van der Waals surface area contributed by atoms with E-state index >= 15 is 0 Å². The van der Waals surface area contributed by atoms with Crippen LogP contribution in [0.15, 0.2) is 34.8 Å². The molecule has 24 heavy (non-hydrogen) atoms. The Morgan fingerprint density at radius 3 is 2.67 bits per heavy atom. The molecule has 0 aliphatic carbocycles. The van der Waals surface area contributed by atoms with Gasteiger partial charge in [0.2, 0.25) is 0 Å². The third-order valence-corrected chi connectivity index (χ3v) is 4.22. The molecule has 2 aromatic rings. The molecular formula is C16H14BrClN2O4. The van der Waals surface area contributed by atoms with E-state index in [-0.39, 0.29) is 18.0 Å². The normalized spacial score (nSPS) is 10.3. The van der Waals surface area contributed by atoms with E-state index in [1.165, 1.54) is 6.07 Å². The van der Waals surface area contributed by atoms with Crippen LogP contribution >= 0.6 is 27.5 Å². The van der Waals surface area contributed by atoms with Crippen LogP contribution in [0.1, 0.15) is 11.1 Å². The Morgan fingerprint density at radius 1 is 1.33 bits per heavy atom. The number of amides is 1. The van der Waals surface area contributed by atoms with Crippen LogP contribution in [0.3, 0.4) is 0 Å². The Kier molecular flexibility index (Phi) is 5.80. The average molecular weight is 414 g/mol. The second-order valence-electron chi connectivity index (χ2n) is 5.07. The number of nitrogens with one attached hydrogen (secondary N) is 1. The third-order valence-electron chi connectivity index (χ3n) is 3.43. The van der Waals surface area contributed by atoms with Gasteiger partial charge in [0.1, 0.15) is 11.4 Å². The average Bonchev–Trinajstić information content (AvgIpc) is 2.50. The van der Waals surface area contributed by atoms with Crippen LogP contribution in [0.5, 0.6) is 5.75 Å². The first kappa shape index (κ1) is 18.2. The van der Waals surface area contributed by atoms with Gasteiger partial charge in [0.05, 0.1) is 9.95 Å². The van der Waals surface area contributed by atoms with Crippen molar-refractivity contribution in [3.05, 3.63) is 61.1 Å². The van der Waals surface area contributed by atoms with Gasteiger partial charge in [-0.3, -0.25) is 14.9 Å². The molecule has 0 bridgehead atoms. The highest BCUT2D eigenvalue weighted by Gasteiger charge is 2.19. The van der Waals surface area contributed by atoms with E-state index in [1.807, 2.05) is 6.92 Å². The van der Waals surface area contributed by atoms with Gasteiger partial charge in [-0.2, -0.15) is 0 Å². The van der Waals surface area contributed by atoms with E-state index < -0.39 is 10.8 Å². The number of nitrogens with zero attached hydrogens (tertiary/aromatic N) is 1. The number of halogens is 2. The van der Waals surface area contributed by atoms with Gasteiger partial charge in [0.15, 0.2) is 6.61 Å². The molecule has 1 N–H and O–H groups in total. The minimum atomic E-state index is -0.533. The van der Waals surface area contributed by atoms with Crippen LogP contribution in [0.4, 0.5) is 11.4 Å². The number of nitro benzene ring substituents is 1. The maximum Gasteiger partial charge on any atom is 0.293 e. The summed E-state index contributed by atoms with van der Waals surface area (Å²) in [6, 6.07) is 8.00. The smallest absolute Gasteiger partial charge is 0.293 e. The monoisotopic (exact) mass is 412 g/mol. The molecule has 8 heteroatoms. The zero-order valence-electron chi connectivity index (χ0n) is 12.9. The molecule has 1 amide bonds. The van der Waals surface area contributed by atoms with Gasteiger partial charge in [-0.25, -0.2) is 0 Å². The first-order valence-corrected chi connectivity index (χ1v) is 8.09. The lowest BCUT2D eigenvalue weighted by atomic mass is 10.1. The molecule has 0 aliphatic rings. The quantitative estimate of drug-likeness (QED) is 0.571. The molecule has 0 fully saturated rings. The molecule has 0 heterocycles. The molecular weight excluding hydrogens is 400 g/mol. The number of carbonyl (C=O) groups is 1. The SMILES string of the molecule is Cc1ccc([N+](=O)[O-])c(NC(=O)COc2ccc(Br)cc2Cl)c1C. The Hall–Kier alpha value is -2.12. The van der Waals surface area contributed by atoms with Crippen molar-refractivity contribution < 1.29 is 14.5 Å². The van der Waals surface area contributed by atoms with E-state index in [1.54, 1.807) is 31.2 Å². The Morgan fingerprint density at radius 2 is 2.04 bits per heavy atom. The van der Waals surface area contributed by atoms with Crippen LogP contribution in [-0.2, 0) is 4.79 Å². The van der Waals surface area contributed by atoms with Gasteiger partial charge in [0.25, 0.3) is 11.6 Å². The maximum atomic E-state index is 12.1. The van der Waals surface area contributed by atoms with E-state index in [4.69, 9.17) is 16.3 Å². The van der Waals surface area contributed by atoms with Gasteiger partial charge in [-0.15, -0.1) is 0 Å². The second kappa shape index (κ2) is 7.63. The van der Waals surface area contributed by atoms with Crippen LogP contribution < -0.4 is 10.1 Å². The fourth-order valence-corrected chi connectivity index (χ4v) is 2.75. The van der Waals surface area contributed by atoms with Crippen molar-refractivity contribution >= 4 is 44.8 Å². The number of hydrogen-bond acceptors (Lipinski definition) is 4. The van der Waals surface area contributed by atoms with Crippen LogP contribution in [0.25, 0.3) is 0 Å². The highest BCUT2D eigenvalue weighted by Crippen LogP contribution is 2.30. The number of aryl methyl sites for hydroxylation is 1. The Balaban J connectivity index is 2.13. The molecule has 0 saturated heterocycles. The molecule has 0 radical (unpaired) electrons. The van der Waals surface area contributed by atoms with Crippen LogP contribution in [-0.4, -0.2) is 17.4 Å². The standard InChI is InChI=1S/C16H14BrClN2O4/c1-9-3-5-13(20(22)23)16(10(9)2)19-15(21)8-24-14-6-4-11(17)7-12(14)18/h3-7H,8H2,1-2H3,(H,19,21). The number of benzene rings is 2. The van der Waals surface area contributed by atoms with E-state index in [2.05, 4.69) is 21.2 Å². The molecule has 0 saturated carbocycles. The summed E-state index contributed by atoms with van der Waals surface area (Å²) in [6.07, 6.45) is 0. The first-order valence-electron chi connectivity index (χ1n) is 6.92. The number of rotatable bonds is 5. The molecule has 0 aromatic heterocycles. The summed E-state index contributed by atoms with van der Waals surface area (Å²) >= 11 is 9.28. The summed E-state index contributed by atoms with van der Waals surface area (Å²) in [6.45, 7) is 3.21. The highest BCUT2D eigenvalue weighted by molar-refractivity contribution is 9.10. The molecule has 2 aromatic carbocycles. The summed E-state index contributed by atoms with van der Waals surface area (Å²) in [5, 5.41) is 14.0. The van der Waals surface area contributed by atoms with Gasteiger partial charge in [-0.05, 0) is 43.2 Å². The van der Waals surface area contributed by atoms with E-state index in [0.717, 1.165) is 10.0 Å². The Bertz CT molecular complexity index is 811. The predicted octanol–water partition coefficient (Wildman–Crippen LogP) is 4.65. The highest BCUT2D eigenvalue weighted by atomic mass is 79.9. The summed E-state index contributed by atoms with van der Waals surface area (Å²) in [4.78, 5) is 22.7. The molecule has 2 rings (SSSR count). The van der Waals surface area contributed by atoms with Gasteiger partial charge >= 0.3 is 0 Å². The predicted molar refractivity (Wildman–Crippen MR) is 95.8 cm³/mol. The lowest BCUT2D eigenvalue weighted by Gasteiger charge is -2.12. The molecule has 6 nitrogen and oxygen atoms in total. The second-order valence-corrected chi connectivity index (χ2v) is 6.39.